The van der Waals surface area contributed by atoms with Crippen LogP contribution in [-0.2, 0) is 11.2 Å². The fourth-order valence-electron chi connectivity index (χ4n) is 3.67. The minimum atomic E-state index is -0.963. The number of nitrogens with one attached hydrogen (secondary N) is 1. The lowest BCUT2D eigenvalue weighted by Gasteiger charge is -2.14. The highest BCUT2D eigenvalue weighted by Gasteiger charge is 2.31. The number of carboxylic acids is 1. The molecule has 3 heterocycles. The standard InChI is InChI=1S/C25H18N4O3S2/c30-23-21(34-25(33)29(23)11-10-15-4-6-17(7-5-15)24(31)32)13-16-2-1-3-18(12-16)19-8-9-20-22(28-19)27-14-26-20/h1-9,12-14H,10-11H2,(H,31,32)(H,26,27,28). The average molecular weight is 487 g/mol. The van der Waals surface area contributed by atoms with E-state index in [2.05, 4.69) is 15.0 Å². The van der Waals surface area contributed by atoms with E-state index in [1.165, 1.54) is 11.8 Å². The molecule has 168 valence electrons. The van der Waals surface area contributed by atoms with E-state index < -0.39 is 5.97 Å². The number of carbonyl (C=O) groups excluding carboxylic acids is 1. The Morgan fingerprint density at radius 2 is 1.97 bits per heavy atom. The van der Waals surface area contributed by atoms with Gasteiger partial charge < -0.3 is 10.1 Å². The van der Waals surface area contributed by atoms with Gasteiger partial charge in [0, 0.05) is 12.1 Å². The van der Waals surface area contributed by atoms with Gasteiger partial charge in [-0.2, -0.15) is 0 Å². The van der Waals surface area contributed by atoms with Crippen molar-refractivity contribution in [1.82, 2.24) is 19.9 Å². The Hall–Kier alpha value is -3.82. The second-order valence-electron chi connectivity index (χ2n) is 7.68. The third kappa shape index (κ3) is 4.48. The van der Waals surface area contributed by atoms with E-state index >= 15 is 0 Å². The van der Waals surface area contributed by atoms with E-state index in [4.69, 9.17) is 17.3 Å². The molecule has 0 saturated carbocycles. The fourth-order valence-corrected chi connectivity index (χ4v) is 4.98. The Labute approximate surface area is 204 Å². The molecule has 1 saturated heterocycles. The van der Waals surface area contributed by atoms with Crippen LogP contribution in [0.1, 0.15) is 21.5 Å². The predicted molar refractivity (Wildman–Crippen MR) is 136 cm³/mol. The van der Waals surface area contributed by atoms with Crippen LogP contribution >= 0.6 is 24.0 Å². The number of amides is 1. The number of benzene rings is 2. The molecular weight excluding hydrogens is 468 g/mol. The SMILES string of the molecule is O=C(O)c1ccc(CCN2C(=O)C(=Cc3cccc(-c4ccc5[nH]cnc5n4)c3)SC2=S)cc1. The summed E-state index contributed by atoms with van der Waals surface area (Å²) in [5, 5.41) is 9.03. The van der Waals surface area contributed by atoms with Crippen LogP contribution < -0.4 is 0 Å². The number of nitrogens with zero attached hydrogens (tertiary/aromatic N) is 3. The number of thiocarbonyl (C=S) groups is 1. The molecule has 4 aromatic rings. The Bertz CT molecular complexity index is 1460. The molecule has 2 aromatic heterocycles. The van der Waals surface area contributed by atoms with E-state index in [0.29, 0.717) is 27.8 Å². The number of aromatic carboxylic acids is 1. The summed E-state index contributed by atoms with van der Waals surface area (Å²) in [7, 11) is 0. The third-order valence-corrected chi connectivity index (χ3v) is 6.84. The Kier molecular flexibility index (Phi) is 5.95. The number of imidazole rings is 1. The molecule has 9 heteroatoms. The van der Waals surface area contributed by atoms with Crippen molar-refractivity contribution in [3.8, 4) is 11.3 Å². The third-order valence-electron chi connectivity index (χ3n) is 5.46. The molecule has 1 aliphatic rings. The molecule has 1 aliphatic heterocycles. The zero-order valence-electron chi connectivity index (χ0n) is 17.8. The van der Waals surface area contributed by atoms with Crippen LogP contribution in [-0.4, -0.2) is 47.7 Å². The Balaban J connectivity index is 1.31. The van der Waals surface area contributed by atoms with Gasteiger partial charge in [-0.3, -0.25) is 9.69 Å². The van der Waals surface area contributed by atoms with Crippen LogP contribution in [0.2, 0.25) is 0 Å². The highest BCUT2D eigenvalue weighted by molar-refractivity contribution is 8.26. The monoisotopic (exact) mass is 486 g/mol. The van der Waals surface area contributed by atoms with Gasteiger partial charge in [-0.1, -0.05) is 54.3 Å². The van der Waals surface area contributed by atoms with Crippen LogP contribution in [0.5, 0.6) is 0 Å². The largest absolute Gasteiger partial charge is 0.478 e. The molecular formula is C25H18N4O3S2. The predicted octanol–water partition coefficient (Wildman–Crippen LogP) is 4.77. The van der Waals surface area contributed by atoms with Crippen molar-refractivity contribution in [2.45, 2.75) is 6.42 Å². The Morgan fingerprint density at radius 1 is 1.15 bits per heavy atom. The van der Waals surface area contributed by atoms with Gasteiger partial charge in [0.25, 0.3) is 5.91 Å². The van der Waals surface area contributed by atoms with E-state index in [1.807, 2.05) is 42.5 Å². The number of aromatic nitrogens is 3. The van der Waals surface area contributed by atoms with Gasteiger partial charge in [-0.25, -0.2) is 14.8 Å². The molecule has 2 aromatic carbocycles. The molecule has 0 bridgehead atoms. The molecule has 0 radical (unpaired) electrons. The highest BCUT2D eigenvalue weighted by Crippen LogP contribution is 2.33. The van der Waals surface area contributed by atoms with Gasteiger partial charge in [0.15, 0.2) is 5.65 Å². The van der Waals surface area contributed by atoms with Gasteiger partial charge in [-0.15, -0.1) is 0 Å². The Morgan fingerprint density at radius 3 is 2.76 bits per heavy atom. The number of hydrogen-bond acceptors (Lipinski definition) is 6. The lowest BCUT2D eigenvalue weighted by Crippen LogP contribution is -2.30. The highest BCUT2D eigenvalue weighted by atomic mass is 32.2. The number of aromatic amines is 1. The molecule has 0 unspecified atom stereocenters. The lowest BCUT2D eigenvalue weighted by atomic mass is 10.1. The van der Waals surface area contributed by atoms with E-state index in [-0.39, 0.29) is 11.5 Å². The van der Waals surface area contributed by atoms with Crippen LogP contribution in [0.25, 0.3) is 28.5 Å². The van der Waals surface area contributed by atoms with Crippen molar-refractivity contribution in [3.63, 3.8) is 0 Å². The summed E-state index contributed by atoms with van der Waals surface area (Å²) in [5.41, 5.74) is 5.32. The summed E-state index contributed by atoms with van der Waals surface area (Å²) in [6.07, 6.45) is 4.04. The second-order valence-corrected chi connectivity index (χ2v) is 9.36. The zero-order valence-corrected chi connectivity index (χ0v) is 19.4. The molecule has 1 amide bonds. The number of thioether (sulfide) groups is 1. The first-order valence-electron chi connectivity index (χ1n) is 10.5. The summed E-state index contributed by atoms with van der Waals surface area (Å²) >= 11 is 6.73. The molecule has 34 heavy (non-hydrogen) atoms. The topological polar surface area (TPSA) is 99.2 Å². The summed E-state index contributed by atoms with van der Waals surface area (Å²) in [5.74, 6) is -1.09. The molecule has 5 rings (SSSR count). The van der Waals surface area contributed by atoms with Crippen molar-refractivity contribution < 1.29 is 14.7 Å². The van der Waals surface area contributed by atoms with E-state index in [1.54, 1.807) is 35.5 Å². The van der Waals surface area contributed by atoms with Gasteiger partial charge >= 0.3 is 5.97 Å². The average Bonchev–Trinajstić information content (AvgIpc) is 3.41. The van der Waals surface area contributed by atoms with Crippen LogP contribution in [0, 0.1) is 0 Å². The van der Waals surface area contributed by atoms with Crippen LogP contribution in [0.15, 0.2) is 71.9 Å². The number of H-pyrrole nitrogens is 1. The van der Waals surface area contributed by atoms with Crippen molar-refractivity contribution in [2.24, 2.45) is 0 Å². The first kappa shape index (κ1) is 22.0. The normalized spacial score (nSPS) is 14.9. The van der Waals surface area contributed by atoms with Crippen molar-refractivity contribution in [2.75, 3.05) is 6.54 Å². The van der Waals surface area contributed by atoms with E-state index in [9.17, 15) is 9.59 Å². The first-order chi connectivity index (χ1) is 16.5. The number of carbonyl (C=O) groups is 2. The number of carboxylic acid groups (broad SMARTS) is 1. The van der Waals surface area contributed by atoms with E-state index in [0.717, 1.165) is 27.9 Å². The fraction of sp³-hybridized carbons (Fsp3) is 0.0800. The minimum Gasteiger partial charge on any atom is -0.478 e. The summed E-state index contributed by atoms with van der Waals surface area (Å²) in [6, 6.07) is 18.3. The number of pyridine rings is 1. The molecule has 7 nitrogen and oxygen atoms in total. The zero-order chi connectivity index (χ0) is 23.7. The second kappa shape index (κ2) is 9.20. The van der Waals surface area contributed by atoms with Gasteiger partial charge in [0.1, 0.15) is 4.32 Å². The van der Waals surface area contributed by atoms with Crippen molar-refractivity contribution >= 4 is 57.4 Å². The maximum atomic E-state index is 13.0. The van der Waals surface area contributed by atoms with Gasteiger partial charge in [0.05, 0.1) is 28.0 Å². The molecule has 1 fully saturated rings. The van der Waals surface area contributed by atoms with Gasteiger partial charge in [-0.05, 0) is 54.0 Å². The van der Waals surface area contributed by atoms with Crippen LogP contribution in [0.4, 0.5) is 0 Å². The summed E-state index contributed by atoms with van der Waals surface area (Å²) in [4.78, 5) is 38.0. The molecule has 2 N–H and O–H groups in total. The maximum Gasteiger partial charge on any atom is 0.335 e. The smallest absolute Gasteiger partial charge is 0.335 e. The molecule has 0 spiro atoms. The number of rotatable bonds is 6. The van der Waals surface area contributed by atoms with Gasteiger partial charge in [0.2, 0.25) is 0 Å². The maximum absolute atomic E-state index is 13.0. The van der Waals surface area contributed by atoms with Crippen molar-refractivity contribution in [1.29, 1.82) is 0 Å². The molecule has 0 aliphatic carbocycles. The summed E-state index contributed by atoms with van der Waals surface area (Å²) in [6.45, 7) is 0.433. The van der Waals surface area contributed by atoms with Crippen LogP contribution in [0.3, 0.4) is 0 Å². The number of fused-ring (bicyclic) bond motifs is 1. The molecule has 0 atom stereocenters. The lowest BCUT2D eigenvalue weighted by molar-refractivity contribution is -0.122. The van der Waals surface area contributed by atoms with Crippen molar-refractivity contribution in [3.05, 3.63) is 88.6 Å². The number of hydrogen-bond donors (Lipinski definition) is 2. The summed E-state index contributed by atoms with van der Waals surface area (Å²) < 4.78 is 0.514. The quantitative estimate of drug-likeness (QED) is 0.299. The first-order valence-corrected chi connectivity index (χ1v) is 11.7. The minimum absolute atomic E-state index is 0.126.